The Labute approximate surface area is 123 Å². The van der Waals surface area contributed by atoms with Crippen LogP contribution in [0.5, 0.6) is 0 Å². The molecule has 21 heavy (non-hydrogen) atoms. The highest BCUT2D eigenvalue weighted by Gasteiger charge is 2.64. The maximum atomic E-state index is 14.0. The standard InChI is InChI=1S/C15H20FN5/c1-14(2)12(15(14,3)4)8-21-13(18-19-20-21)10-7-9(17)5-6-11(10)16/h5-7,12H,8,17H2,1-4H3. The summed E-state index contributed by atoms with van der Waals surface area (Å²) >= 11 is 0. The number of hydrogen-bond donors (Lipinski definition) is 1. The number of aromatic nitrogens is 4. The molecule has 2 N–H and O–H groups in total. The molecule has 2 aromatic rings. The summed E-state index contributed by atoms with van der Waals surface area (Å²) in [6.07, 6.45) is 0. The molecule has 6 heteroatoms. The van der Waals surface area contributed by atoms with Gasteiger partial charge in [-0.05, 0) is 45.4 Å². The Morgan fingerprint density at radius 2 is 1.90 bits per heavy atom. The third kappa shape index (κ3) is 2.01. The molecule has 0 bridgehead atoms. The molecule has 0 atom stereocenters. The first-order valence-corrected chi connectivity index (χ1v) is 7.06. The molecule has 1 saturated carbocycles. The molecule has 1 aromatic carbocycles. The van der Waals surface area contributed by atoms with Crippen molar-refractivity contribution in [2.75, 3.05) is 5.73 Å². The molecule has 0 radical (unpaired) electrons. The third-order valence-electron chi connectivity index (χ3n) is 5.44. The van der Waals surface area contributed by atoms with Gasteiger partial charge >= 0.3 is 0 Å². The van der Waals surface area contributed by atoms with Crippen LogP contribution in [0.3, 0.4) is 0 Å². The number of nitrogen functional groups attached to an aromatic ring is 1. The summed E-state index contributed by atoms with van der Waals surface area (Å²) in [5.74, 6) is 0.518. The third-order valence-corrected chi connectivity index (χ3v) is 5.44. The van der Waals surface area contributed by atoms with Gasteiger partial charge in [0.1, 0.15) is 5.82 Å². The van der Waals surface area contributed by atoms with Crippen LogP contribution in [0.2, 0.25) is 0 Å². The van der Waals surface area contributed by atoms with Crippen molar-refractivity contribution < 1.29 is 4.39 Å². The zero-order valence-corrected chi connectivity index (χ0v) is 12.8. The molecule has 1 aromatic heterocycles. The Morgan fingerprint density at radius 3 is 2.52 bits per heavy atom. The molecule has 5 nitrogen and oxygen atoms in total. The fourth-order valence-corrected chi connectivity index (χ4v) is 3.20. The maximum absolute atomic E-state index is 14.0. The van der Waals surface area contributed by atoms with E-state index in [4.69, 9.17) is 5.73 Å². The van der Waals surface area contributed by atoms with Crippen molar-refractivity contribution in [3.63, 3.8) is 0 Å². The smallest absolute Gasteiger partial charge is 0.185 e. The number of hydrogen-bond acceptors (Lipinski definition) is 4. The van der Waals surface area contributed by atoms with Crippen LogP contribution < -0.4 is 5.73 Å². The number of halogens is 1. The number of tetrazole rings is 1. The topological polar surface area (TPSA) is 69.6 Å². The highest BCUT2D eigenvalue weighted by molar-refractivity contribution is 5.61. The minimum Gasteiger partial charge on any atom is -0.399 e. The lowest BCUT2D eigenvalue weighted by Crippen LogP contribution is -2.09. The van der Waals surface area contributed by atoms with Crippen molar-refractivity contribution in [2.24, 2.45) is 16.7 Å². The van der Waals surface area contributed by atoms with Gasteiger partial charge in [-0.25, -0.2) is 9.07 Å². The van der Waals surface area contributed by atoms with Crippen LogP contribution in [-0.4, -0.2) is 20.2 Å². The van der Waals surface area contributed by atoms with Crippen LogP contribution in [0, 0.1) is 22.6 Å². The van der Waals surface area contributed by atoms with Crippen molar-refractivity contribution in [1.82, 2.24) is 20.2 Å². The molecule has 1 aliphatic rings. The van der Waals surface area contributed by atoms with E-state index in [9.17, 15) is 4.39 Å². The van der Waals surface area contributed by atoms with Crippen LogP contribution in [-0.2, 0) is 6.54 Å². The van der Waals surface area contributed by atoms with Crippen LogP contribution >= 0.6 is 0 Å². The fraction of sp³-hybridized carbons (Fsp3) is 0.533. The average molecular weight is 289 g/mol. The number of anilines is 1. The minimum absolute atomic E-state index is 0.227. The van der Waals surface area contributed by atoms with Crippen LogP contribution in [0.1, 0.15) is 27.7 Å². The predicted octanol–water partition coefficient (Wildman–Crippen LogP) is 2.74. The maximum Gasteiger partial charge on any atom is 0.185 e. The Morgan fingerprint density at radius 1 is 1.24 bits per heavy atom. The summed E-state index contributed by atoms with van der Waals surface area (Å²) in [5.41, 5.74) is 7.03. The second-order valence-corrected chi connectivity index (χ2v) is 6.92. The van der Waals surface area contributed by atoms with E-state index in [1.165, 1.54) is 12.1 Å². The van der Waals surface area contributed by atoms with Gasteiger partial charge in [0.25, 0.3) is 0 Å². The number of rotatable bonds is 3. The van der Waals surface area contributed by atoms with Crippen LogP contribution in [0.25, 0.3) is 11.4 Å². The minimum atomic E-state index is -0.366. The lowest BCUT2D eigenvalue weighted by Gasteiger charge is -2.07. The molecule has 0 amide bonds. The molecule has 112 valence electrons. The van der Waals surface area contributed by atoms with Gasteiger partial charge in [0.2, 0.25) is 0 Å². The van der Waals surface area contributed by atoms with Crippen molar-refractivity contribution in [3.8, 4) is 11.4 Å². The average Bonchev–Trinajstić information content (AvgIpc) is 2.76. The first-order chi connectivity index (χ1) is 9.75. The van der Waals surface area contributed by atoms with Gasteiger partial charge < -0.3 is 5.73 Å². The normalized spacial score (nSPS) is 19.7. The molecule has 1 fully saturated rings. The highest BCUT2D eigenvalue weighted by Crippen LogP contribution is 2.68. The van der Waals surface area contributed by atoms with Gasteiger partial charge in [0, 0.05) is 12.2 Å². The molecule has 0 saturated heterocycles. The number of nitrogens with two attached hydrogens (primary N) is 1. The number of benzene rings is 1. The van der Waals surface area contributed by atoms with Gasteiger partial charge in [0.15, 0.2) is 5.82 Å². The summed E-state index contributed by atoms with van der Waals surface area (Å²) in [6, 6.07) is 4.44. The molecular formula is C15H20FN5. The SMILES string of the molecule is CC1(C)C(Cn2nnnc2-c2cc(N)ccc2F)C1(C)C. The quantitative estimate of drug-likeness (QED) is 0.882. The van der Waals surface area contributed by atoms with Gasteiger partial charge in [-0.1, -0.05) is 27.7 Å². The van der Waals surface area contributed by atoms with E-state index in [0.717, 1.165) is 0 Å². The first-order valence-electron chi connectivity index (χ1n) is 7.06. The predicted molar refractivity (Wildman–Crippen MR) is 78.7 cm³/mol. The van der Waals surface area contributed by atoms with Gasteiger partial charge in [-0.2, -0.15) is 0 Å². The fourth-order valence-electron chi connectivity index (χ4n) is 3.20. The summed E-state index contributed by atoms with van der Waals surface area (Å²) in [7, 11) is 0. The van der Waals surface area contributed by atoms with E-state index < -0.39 is 0 Å². The lowest BCUT2D eigenvalue weighted by molar-refractivity contribution is 0.457. The van der Waals surface area contributed by atoms with E-state index in [1.807, 2.05) is 0 Å². The second-order valence-electron chi connectivity index (χ2n) is 6.92. The second kappa shape index (κ2) is 4.26. The van der Waals surface area contributed by atoms with Gasteiger partial charge in [-0.3, -0.25) is 0 Å². The monoisotopic (exact) mass is 289 g/mol. The van der Waals surface area contributed by atoms with Crippen molar-refractivity contribution >= 4 is 5.69 Å². The Bertz CT molecular complexity index is 675. The van der Waals surface area contributed by atoms with Gasteiger partial charge in [0.05, 0.1) is 5.56 Å². The van der Waals surface area contributed by atoms with E-state index in [-0.39, 0.29) is 16.6 Å². The molecular weight excluding hydrogens is 269 g/mol. The Kier molecular flexibility index (Phi) is 2.83. The van der Waals surface area contributed by atoms with Gasteiger partial charge in [-0.15, -0.1) is 5.10 Å². The van der Waals surface area contributed by atoms with Crippen LogP contribution in [0.4, 0.5) is 10.1 Å². The first kappa shape index (κ1) is 14.0. The van der Waals surface area contributed by atoms with E-state index in [2.05, 4.69) is 43.2 Å². The summed E-state index contributed by atoms with van der Waals surface area (Å²) in [6.45, 7) is 9.63. The summed E-state index contributed by atoms with van der Waals surface area (Å²) in [4.78, 5) is 0. The lowest BCUT2D eigenvalue weighted by atomic mass is 10.0. The number of nitrogens with zero attached hydrogens (tertiary/aromatic N) is 4. The summed E-state index contributed by atoms with van der Waals surface area (Å²) in [5, 5.41) is 11.7. The van der Waals surface area contributed by atoms with Crippen molar-refractivity contribution in [2.45, 2.75) is 34.2 Å². The highest BCUT2D eigenvalue weighted by atomic mass is 19.1. The Balaban J connectivity index is 1.94. The van der Waals surface area contributed by atoms with E-state index in [1.54, 1.807) is 10.7 Å². The largest absolute Gasteiger partial charge is 0.399 e. The van der Waals surface area contributed by atoms with Crippen LogP contribution in [0.15, 0.2) is 18.2 Å². The van der Waals surface area contributed by atoms with E-state index >= 15 is 0 Å². The molecule has 1 aliphatic carbocycles. The van der Waals surface area contributed by atoms with Crippen molar-refractivity contribution in [3.05, 3.63) is 24.0 Å². The van der Waals surface area contributed by atoms with E-state index in [0.29, 0.717) is 29.5 Å². The van der Waals surface area contributed by atoms with Crippen molar-refractivity contribution in [1.29, 1.82) is 0 Å². The zero-order chi connectivity index (χ0) is 15.4. The molecule has 0 unspecified atom stereocenters. The molecule has 0 spiro atoms. The Hall–Kier alpha value is -1.98. The molecule has 0 aliphatic heterocycles. The molecule has 1 heterocycles. The summed E-state index contributed by atoms with van der Waals surface area (Å²) < 4.78 is 15.7. The zero-order valence-electron chi connectivity index (χ0n) is 12.8. The molecule has 3 rings (SSSR count).